The van der Waals surface area contributed by atoms with Gasteiger partial charge in [0.05, 0.1) is 6.54 Å². The summed E-state index contributed by atoms with van der Waals surface area (Å²) in [5.41, 5.74) is 2.24. The smallest absolute Gasteiger partial charge is 0.216 e. The molecule has 0 spiro atoms. The molecule has 1 heterocycles. The first-order valence-electron chi connectivity index (χ1n) is 4.79. The summed E-state index contributed by atoms with van der Waals surface area (Å²) < 4.78 is 6.51. The Bertz CT molecular complexity index is 425. The first-order valence-corrected chi connectivity index (χ1v) is 5.58. The van der Waals surface area contributed by atoms with Gasteiger partial charge in [0.2, 0.25) is 5.90 Å². The standard InChI is InChI=1S/C12H12BrNO/c1-8-4-3-5-10(6-8)12-14-7-11(15-12)9(2)13/h3-6,11H,2,7H2,1H3/t11-/m0/s1. The van der Waals surface area contributed by atoms with Crippen molar-refractivity contribution in [2.45, 2.75) is 13.0 Å². The van der Waals surface area contributed by atoms with Crippen molar-refractivity contribution in [1.29, 1.82) is 0 Å². The molecule has 3 heteroatoms. The van der Waals surface area contributed by atoms with Gasteiger partial charge >= 0.3 is 0 Å². The molecule has 0 fully saturated rings. The number of hydrogen-bond acceptors (Lipinski definition) is 2. The van der Waals surface area contributed by atoms with E-state index in [0.29, 0.717) is 12.4 Å². The fourth-order valence-electron chi connectivity index (χ4n) is 1.48. The summed E-state index contributed by atoms with van der Waals surface area (Å²) in [4.78, 5) is 4.35. The summed E-state index contributed by atoms with van der Waals surface area (Å²) in [6.07, 6.45) is -0.0273. The number of halogens is 1. The van der Waals surface area contributed by atoms with E-state index in [-0.39, 0.29) is 6.10 Å². The molecule has 0 radical (unpaired) electrons. The Kier molecular flexibility index (Phi) is 2.91. The topological polar surface area (TPSA) is 21.6 Å². The predicted octanol–water partition coefficient (Wildman–Crippen LogP) is 3.05. The third kappa shape index (κ3) is 2.29. The normalized spacial score (nSPS) is 19.6. The van der Waals surface area contributed by atoms with Gasteiger partial charge in [-0.15, -0.1) is 0 Å². The van der Waals surface area contributed by atoms with Crippen LogP contribution in [0.2, 0.25) is 0 Å². The zero-order valence-electron chi connectivity index (χ0n) is 8.53. The molecule has 1 atom stereocenters. The number of rotatable bonds is 2. The minimum absolute atomic E-state index is 0.0273. The van der Waals surface area contributed by atoms with E-state index in [1.807, 2.05) is 12.1 Å². The van der Waals surface area contributed by atoms with Crippen molar-refractivity contribution in [2.75, 3.05) is 6.54 Å². The highest BCUT2D eigenvalue weighted by Gasteiger charge is 2.22. The van der Waals surface area contributed by atoms with Crippen molar-refractivity contribution in [2.24, 2.45) is 4.99 Å². The van der Waals surface area contributed by atoms with Gasteiger partial charge in [0.1, 0.15) is 0 Å². The van der Waals surface area contributed by atoms with Gasteiger partial charge < -0.3 is 4.74 Å². The third-order valence-electron chi connectivity index (χ3n) is 2.27. The highest BCUT2D eigenvalue weighted by Crippen LogP contribution is 2.20. The lowest BCUT2D eigenvalue weighted by atomic mass is 10.1. The van der Waals surface area contributed by atoms with Crippen LogP contribution in [0.25, 0.3) is 0 Å². The van der Waals surface area contributed by atoms with Crippen molar-refractivity contribution in [3.8, 4) is 0 Å². The lowest BCUT2D eigenvalue weighted by molar-refractivity contribution is 0.272. The summed E-state index contributed by atoms with van der Waals surface area (Å²) in [5.74, 6) is 0.712. The summed E-state index contributed by atoms with van der Waals surface area (Å²) in [6, 6.07) is 8.14. The number of aliphatic imine (C=N–C) groups is 1. The van der Waals surface area contributed by atoms with E-state index in [0.717, 1.165) is 10.0 Å². The molecule has 0 aliphatic carbocycles. The molecule has 0 N–H and O–H groups in total. The molecule has 15 heavy (non-hydrogen) atoms. The maximum atomic E-state index is 5.67. The number of benzene rings is 1. The SMILES string of the molecule is C=C(Br)[C@@H]1CN=C(c2cccc(C)c2)O1. The summed E-state index contributed by atoms with van der Waals surface area (Å²) in [7, 11) is 0. The Morgan fingerprint density at radius 2 is 2.40 bits per heavy atom. The van der Waals surface area contributed by atoms with Gasteiger partial charge in [-0.3, -0.25) is 0 Å². The van der Waals surface area contributed by atoms with E-state index < -0.39 is 0 Å². The van der Waals surface area contributed by atoms with E-state index in [1.165, 1.54) is 5.56 Å². The predicted molar refractivity (Wildman–Crippen MR) is 65.5 cm³/mol. The van der Waals surface area contributed by atoms with Crippen molar-refractivity contribution >= 4 is 21.8 Å². The monoisotopic (exact) mass is 265 g/mol. The van der Waals surface area contributed by atoms with Crippen LogP contribution in [0.3, 0.4) is 0 Å². The van der Waals surface area contributed by atoms with Gasteiger partial charge in [-0.25, -0.2) is 4.99 Å². The van der Waals surface area contributed by atoms with Gasteiger partial charge in [0.25, 0.3) is 0 Å². The second-order valence-electron chi connectivity index (χ2n) is 3.57. The Labute approximate surface area is 97.8 Å². The lowest BCUT2D eigenvalue weighted by Crippen LogP contribution is -2.12. The molecule has 0 unspecified atom stereocenters. The summed E-state index contributed by atoms with van der Waals surface area (Å²) in [6.45, 7) is 6.50. The van der Waals surface area contributed by atoms with Gasteiger partial charge in [-0.2, -0.15) is 0 Å². The van der Waals surface area contributed by atoms with Crippen LogP contribution in [0.15, 0.2) is 40.3 Å². The van der Waals surface area contributed by atoms with Gasteiger partial charge in [0.15, 0.2) is 6.10 Å². The zero-order valence-corrected chi connectivity index (χ0v) is 10.1. The average Bonchev–Trinajstić information content (AvgIpc) is 2.66. The second kappa shape index (κ2) is 4.19. The van der Waals surface area contributed by atoms with Crippen LogP contribution in [0, 0.1) is 6.92 Å². The van der Waals surface area contributed by atoms with Crippen LogP contribution < -0.4 is 0 Å². The average molecular weight is 266 g/mol. The maximum Gasteiger partial charge on any atom is 0.216 e. The Balaban J connectivity index is 2.17. The van der Waals surface area contributed by atoms with Crippen molar-refractivity contribution in [3.63, 3.8) is 0 Å². The molecule has 0 saturated heterocycles. The van der Waals surface area contributed by atoms with Crippen LogP contribution in [0.1, 0.15) is 11.1 Å². The van der Waals surface area contributed by atoms with Crippen LogP contribution >= 0.6 is 15.9 Å². The first kappa shape index (κ1) is 10.4. The molecule has 0 bridgehead atoms. The highest BCUT2D eigenvalue weighted by molar-refractivity contribution is 9.11. The summed E-state index contributed by atoms with van der Waals surface area (Å²) >= 11 is 3.32. The Morgan fingerprint density at radius 3 is 3.00 bits per heavy atom. The van der Waals surface area contributed by atoms with Gasteiger partial charge in [-0.05, 0) is 19.1 Å². The number of ether oxygens (including phenoxy) is 1. The minimum atomic E-state index is -0.0273. The minimum Gasteiger partial charge on any atom is -0.467 e. The highest BCUT2D eigenvalue weighted by atomic mass is 79.9. The maximum absolute atomic E-state index is 5.67. The largest absolute Gasteiger partial charge is 0.467 e. The Hall–Kier alpha value is -1.09. The fourth-order valence-corrected chi connectivity index (χ4v) is 1.71. The van der Waals surface area contributed by atoms with Crippen molar-refractivity contribution in [1.82, 2.24) is 0 Å². The molecule has 2 rings (SSSR count). The lowest BCUT2D eigenvalue weighted by Gasteiger charge is -2.09. The molecular formula is C12H12BrNO. The molecule has 1 aromatic carbocycles. The zero-order chi connectivity index (χ0) is 10.8. The second-order valence-corrected chi connectivity index (χ2v) is 4.59. The molecule has 1 aromatic rings. The first-order chi connectivity index (χ1) is 7.16. The van der Waals surface area contributed by atoms with Gasteiger partial charge in [0, 0.05) is 10.0 Å². The van der Waals surface area contributed by atoms with Crippen molar-refractivity contribution < 1.29 is 4.74 Å². The van der Waals surface area contributed by atoms with Crippen LogP contribution in [-0.4, -0.2) is 18.5 Å². The fraction of sp³-hybridized carbons (Fsp3) is 0.250. The number of hydrogen-bond donors (Lipinski definition) is 0. The van der Waals surface area contributed by atoms with Crippen LogP contribution in [-0.2, 0) is 4.74 Å². The van der Waals surface area contributed by atoms with E-state index >= 15 is 0 Å². The molecule has 1 aliphatic rings. The molecule has 78 valence electrons. The molecule has 0 aromatic heterocycles. The third-order valence-corrected chi connectivity index (χ3v) is 2.78. The summed E-state index contributed by atoms with van der Waals surface area (Å²) in [5, 5.41) is 0. The van der Waals surface area contributed by atoms with E-state index in [2.05, 4.69) is 46.6 Å². The van der Waals surface area contributed by atoms with E-state index in [4.69, 9.17) is 4.74 Å². The molecule has 0 amide bonds. The number of nitrogens with zero attached hydrogens (tertiary/aromatic N) is 1. The van der Waals surface area contributed by atoms with E-state index in [9.17, 15) is 0 Å². The quantitative estimate of drug-likeness (QED) is 0.806. The van der Waals surface area contributed by atoms with Gasteiger partial charge in [-0.1, -0.05) is 40.2 Å². The molecule has 2 nitrogen and oxygen atoms in total. The number of aryl methyl sites for hydroxylation is 1. The van der Waals surface area contributed by atoms with Crippen LogP contribution in [0.5, 0.6) is 0 Å². The molecular weight excluding hydrogens is 254 g/mol. The Morgan fingerprint density at radius 1 is 1.60 bits per heavy atom. The molecule has 0 saturated carbocycles. The van der Waals surface area contributed by atoms with E-state index in [1.54, 1.807) is 0 Å². The van der Waals surface area contributed by atoms with Crippen molar-refractivity contribution in [3.05, 3.63) is 46.5 Å². The van der Waals surface area contributed by atoms with Crippen LogP contribution in [0.4, 0.5) is 0 Å². The molecule has 1 aliphatic heterocycles.